The third kappa shape index (κ3) is 4.03. The quantitative estimate of drug-likeness (QED) is 0.848. The highest BCUT2D eigenvalue weighted by molar-refractivity contribution is 5.18. The van der Waals surface area contributed by atoms with Gasteiger partial charge in [-0.15, -0.1) is 0 Å². The molecule has 0 fully saturated rings. The molecular weight excluding hydrogens is 234 g/mol. The van der Waals surface area contributed by atoms with Gasteiger partial charge in [0.25, 0.3) is 0 Å². The first-order valence-electron chi connectivity index (χ1n) is 6.29. The van der Waals surface area contributed by atoms with Crippen LogP contribution in [0.5, 0.6) is 0 Å². The summed E-state index contributed by atoms with van der Waals surface area (Å²) in [6, 6.07) is 3.64. The predicted molar refractivity (Wildman–Crippen MR) is 70.2 cm³/mol. The first kappa shape index (κ1) is 15.1. The van der Waals surface area contributed by atoms with E-state index in [-0.39, 0.29) is 5.54 Å². The molecule has 0 aromatic heterocycles. The summed E-state index contributed by atoms with van der Waals surface area (Å²) in [7, 11) is 0. The van der Waals surface area contributed by atoms with Crippen molar-refractivity contribution in [2.75, 3.05) is 13.1 Å². The first-order valence-corrected chi connectivity index (χ1v) is 6.29. The van der Waals surface area contributed by atoms with E-state index in [2.05, 4.69) is 11.8 Å². The van der Waals surface area contributed by atoms with Crippen LogP contribution in [0.25, 0.3) is 0 Å². The third-order valence-electron chi connectivity index (χ3n) is 3.14. The number of nitrogens with two attached hydrogens (primary N) is 1. The second-order valence-electron chi connectivity index (χ2n) is 5.22. The lowest BCUT2D eigenvalue weighted by Crippen LogP contribution is -2.49. The number of nitrogens with zero attached hydrogens (tertiary/aromatic N) is 1. The molecule has 1 aromatic rings. The molecule has 1 aromatic carbocycles. The molecule has 0 saturated heterocycles. The Labute approximate surface area is 108 Å². The summed E-state index contributed by atoms with van der Waals surface area (Å²) in [5.74, 6) is -1.07. The molecular formula is C14H22F2N2. The van der Waals surface area contributed by atoms with Crippen LogP contribution in [-0.2, 0) is 6.54 Å². The van der Waals surface area contributed by atoms with Gasteiger partial charge in [0, 0.05) is 24.7 Å². The van der Waals surface area contributed by atoms with Crippen LogP contribution in [0.4, 0.5) is 8.78 Å². The maximum atomic E-state index is 13.2. The molecule has 1 rings (SSSR count). The fraction of sp³-hybridized carbons (Fsp3) is 0.571. The minimum Gasteiger partial charge on any atom is -0.329 e. The minimum atomic E-state index is -0.535. The molecule has 0 aliphatic carbocycles. The summed E-state index contributed by atoms with van der Waals surface area (Å²) in [4.78, 5) is 2.15. The van der Waals surface area contributed by atoms with E-state index >= 15 is 0 Å². The Hall–Kier alpha value is -1.00. The van der Waals surface area contributed by atoms with Gasteiger partial charge in [0.15, 0.2) is 0 Å². The summed E-state index contributed by atoms with van der Waals surface area (Å²) in [5.41, 5.74) is 6.22. The van der Waals surface area contributed by atoms with Crippen molar-refractivity contribution < 1.29 is 8.78 Å². The molecule has 2 nitrogen and oxygen atoms in total. The smallest absolute Gasteiger partial charge is 0.126 e. The highest BCUT2D eigenvalue weighted by Crippen LogP contribution is 2.18. The van der Waals surface area contributed by atoms with Gasteiger partial charge in [-0.1, -0.05) is 6.92 Å². The van der Waals surface area contributed by atoms with Crippen LogP contribution >= 0.6 is 0 Å². The average Bonchev–Trinajstić information content (AvgIpc) is 2.27. The summed E-state index contributed by atoms with van der Waals surface area (Å²) < 4.78 is 26.3. The van der Waals surface area contributed by atoms with E-state index in [1.54, 1.807) is 0 Å². The Balaban J connectivity index is 2.89. The lowest BCUT2D eigenvalue weighted by Gasteiger charge is -2.37. The number of hydrogen-bond donors (Lipinski definition) is 1. The molecule has 0 aliphatic heterocycles. The number of halogens is 2. The van der Waals surface area contributed by atoms with E-state index in [4.69, 9.17) is 5.73 Å². The Morgan fingerprint density at radius 2 is 1.72 bits per heavy atom. The molecule has 0 aliphatic rings. The molecule has 102 valence electrons. The van der Waals surface area contributed by atoms with Gasteiger partial charge < -0.3 is 5.73 Å². The molecule has 0 atom stereocenters. The maximum absolute atomic E-state index is 13.2. The Morgan fingerprint density at radius 3 is 2.17 bits per heavy atom. The molecule has 2 N–H and O–H groups in total. The van der Waals surface area contributed by atoms with Gasteiger partial charge in [0.05, 0.1) is 0 Å². The average molecular weight is 256 g/mol. The van der Waals surface area contributed by atoms with E-state index in [1.807, 2.05) is 13.8 Å². The highest BCUT2D eigenvalue weighted by Gasteiger charge is 2.24. The fourth-order valence-electron chi connectivity index (χ4n) is 1.92. The van der Waals surface area contributed by atoms with Crippen molar-refractivity contribution in [2.24, 2.45) is 5.73 Å². The van der Waals surface area contributed by atoms with Gasteiger partial charge >= 0.3 is 0 Å². The largest absolute Gasteiger partial charge is 0.329 e. The summed E-state index contributed by atoms with van der Waals surface area (Å²) in [5, 5.41) is 0. The summed E-state index contributed by atoms with van der Waals surface area (Å²) in [6.45, 7) is 8.02. The van der Waals surface area contributed by atoms with Crippen molar-refractivity contribution in [2.45, 2.75) is 39.3 Å². The Morgan fingerprint density at radius 1 is 1.17 bits per heavy atom. The van der Waals surface area contributed by atoms with Gasteiger partial charge in [-0.3, -0.25) is 4.90 Å². The summed E-state index contributed by atoms with van der Waals surface area (Å²) >= 11 is 0. The van der Waals surface area contributed by atoms with Gasteiger partial charge in [-0.25, -0.2) is 8.78 Å². The second kappa shape index (κ2) is 6.25. The SMILES string of the molecule is CCCN(Cc1cc(F)cc(F)c1)C(C)(C)CN. The number of benzene rings is 1. The lowest BCUT2D eigenvalue weighted by atomic mass is 10.0. The van der Waals surface area contributed by atoms with Gasteiger partial charge in [-0.05, 0) is 44.5 Å². The molecule has 0 spiro atoms. The van der Waals surface area contributed by atoms with Crippen molar-refractivity contribution in [3.63, 3.8) is 0 Å². The molecule has 4 heteroatoms. The van der Waals surface area contributed by atoms with Gasteiger partial charge in [0.2, 0.25) is 0 Å². The molecule has 0 amide bonds. The van der Waals surface area contributed by atoms with Crippen molar-refractivity contribution >= 4 is 0 Å². The van der Waals surface area contributed by atoms with E-state index in [9.17, 15) is 8.78 Å². The van der Waals surface area contributed by atoms with Crippen molar-refractivity contribution in [1.29, 1.82) is 0 Å². The first-order chi connectivity index (χ1) is 8.39. The van der Waals surface area contributed by atoms with Crippen LogP contribution in [0.3, 0.4) is 0 Å². The predicted octanol–water partition coefficient (Wildman–Crippen LogP) is 2.91. The van der Waals surface area contributed by atoms with Crippen LogP contribution < -0.4 is 5.73 Å². The zero-order chi connectivity index (χ0) is 13.8. The maximum Gasteiger partial charge on any atom is 0.126 e. The molecule has 18 heavy (non-hydrogen) atoms. The van der Waals surface area contributed by atoms with E-state index < -0.39 is 11.6 Å². The standard InChI is InChI=1S/C14H22F2N2/c1-4-5-18(14(2,3)10-17)9-11-6-12(15)8-13(16)7-11/h6-8H,4-5,9-10,17H2,1-3H3. The molecule has 0 bridgehead atoms. The zero-order valence-corrected chi connectivity index (χ0v) is 11.3. The topological polar surface area (TPSA) is 29.3 Å². The van der Waals surface area contributed by atoms with Crippen LogP contribution in [-0.4, -0.2) is 23.5 Å². The number of rotatable bonds is 6. The second-order valence-corrected chi connectivity index (χ2v) is 5.22. The normalized spacial score (nSPS) is 12.2. The molecule has 0 unspecified atom stereocenters. The fourth-order valence-corrected chi connectivity index (χ4v) is 1.92. The van der Waals surface area contributed by atoms with Crippen molar-refractivity contribution in [1.82, 2.24) is 4.90 Å². The number of hydrogen-bond acceptors (Lipinski definition) is 2. The van der Waals surface area contributed by atoms with Crippen LogP contribution in [0.1, 0.15) is 32.8 Å². The summed E-state index contributed by atoms with van der Waals surface area (Å²) in [6.07, 6.45) is 0.973. The highest BCUT2D eigenvalue weighted by atomic mass is 19.1. The van der Waals surface area contributed by atoms with Crippen LogP contribution in [0.15, 0.2) is 18.2 Å². The Bertz CT molecular complexity index is 371. The van der Waals surface area contributed by atoms with E-state index in [1.165, 1.54) is 12.1 Å². The van der Waals surface area contributed by atoms with Crippen LogP contribution in [0, 0.1) is 11.6 Å². The monoisotopic (exact) mass is 256 g/mol. The van der Waals surface area contributed by atoms with E-state index in [0.717, 1.165) is 19.0 Å². The van der Waals surface area contributed by atoms with Crippen LogP contribution in [0.2, 0.25) is 0 Å². The van der Waals surface area contributed by atoms with E-state index in [0.29, 0.717) is 18.7 Å². The molecule has 0 heterocycles. The van der Waals surface area contributed by atoms with Crippen molar-refractivity contribution in [3.8, 4) is 0 Å². The Kier molecular flexibility index (Phi) is 5.23. The molecule has 0 saturated carbocycles. The van der Waals surface area contributed by atoms with Gasteiger partial charge in [-0.2, -0.15) is 0 Å². The lowest BCUT2D eigenvalue weighted by molar-refractivity contribution is 0.118. The van der Waals surface area contributed by atoms with Crippen molar-refractivity contribution in [3.05, 3.63) is 35.4 Å². The third-order valence-corrected chi connectivity index (χ3v) is 3.14. The zero-order valence-electron chi connectivity index (χ0n) is 11.3. The minimum absolute atomic E-state index is 0.182. The molecule has 0 radical (unpaired) electrons. The van der Waals surface area contributed by atoms with Gasteiger partial charge in [0.1, 0.15) is 11.6 Å².